The minimum Gasteiger partial charge on any atom is -0.496 e. The summed E-state index contributed by atoms with van der Waals surface area (Å²) in [5.41, 5.74) is 0.283. The van der Waals surface area contributed by atoms with E-state index in [4.69, 9.17) is 9.84 Å². The van der Waals surface area contributed by atoms with Gasteiger partial charge in [-0.05, 0) is 18.1 Å². The third-order valence-electron chi connectivity index (χ3n) is 2.15. The molecule has 0 amide bonds. The van der Waals surface area contributed by atoms with Gasteiger partial charge in [-0.15, -0.1) is 0 Å². The number of hydrogen-bond donors (Lipinski definition) is 1. The van der Waals surface area contributed by atoms with Gasteiger partial charge in [-0.25, -0.2) is 8.78 Å². The summed E-state index contributed by atoms with van der Waals surface area (Å²) in [6, 6.07) is 4.71. The predicted molar refractivity (Wildman–Crippen MR) is 53.4 cm³/mol. The van der Waals surface area contributed by atoms with Crippen molar-refractivity contribution in [3.8, 4) is 5.75 Å². The van der Waals surface area contributed by atoms with Crippen molar-refractivity contribution in [3.63, 3.8) is 0 Å². The van der Waals surface area contributed by atoms with Crippen LogP contribution in [0.2, 0.25) is 0 Å². The van der Waals surface area contributed by atoms with Crippen molar-refractivity contribution >= 4 is 0 Å². The summed E-state index contributed by atoms with van der Waals surface area (Å²) in [6.45, 7) is 0.669. The van der Waals surface area contributed by atoms with E-state index in [0.29, 0.717) is 5.56 Å². The molecule has 15 heavy (non-hydrogen) atoms. The molecule has 0 saturated heterocycles. The average Bonchev–Trinajstić information content (AvgIpc) is 2.16. The van der Waals surface area contributed by atoms with Gasteiger partial charge in [0.15, 0.2) is 0 Å². The second kappa shape index (κ2) is 4.57. The smallest absolute Gasteiger partial charge is 0.274 e. The van der Waals surface area contributed by atoms with Crippen molar-refractivity contribution in [2.24, 2.45) is 0 Å². The Bertz CT molecular complexity index is 332. The summed E-state index contributed by atoms with van der Waals surface area (Å²) in [5.74, 6) is -2.80. The number of alkyl halides is 2. The highest BCUT2D eigenvalue weighted by atomic mass is 19.3. The zero-order chi connectivity index (χ0) is 11.5. The van der Waals surface area contributed by atoms with Crippen LogP contribution in [0.25, 0.3) is 0 Å². The molecular weight excluding hydrogens is 202 g/mol. The number of aliphatic hydroxyl groups is 1. The fourth-order valence-corrected chi connectivity index (χ4v) is 1.57. The summed E-state index contributed by atoms with van der Waals surface area (Å²) in [4.78, 5) is 0. The lowest BCUT2D eigenvalue weighted by atomic mass is 9.99. The summed E-state index contributed by atoms with van der Waals surface area (Å²) in [7, 11) is 1.35. The SMILES string of the molecule is COc1cccc(CCO)c1C(C)(F)F. The van der Waals surface area contributed by atoms with Gasteiger partial charge in [-0.1, -0.05) is 12.1 Å². The molecule has 0 fully saturated rings. The number of ether oxygens (including phenoxy) is 1. The van der Waals surface area contributed by atoms with Crippen LogP contribution in [0.4, 0.5) is 8.78 Å². The molecule has 0 radical (unpaired) electrons. The van der Waals surface area contributed by atoms with Gasteiger partial charge in [0.25, 0.3) is 5.92 Å². The van der Waals surface area contributed by atoms with E-state index in [1.54, 1.807) is 12.1 Å². The Morgan fingerprint density at radius 1 is 1.40 bits per heavy atom. The maximum Gasteiger partial charge on any atom is 0.274 e. The van der Waals surface area contributed by atoms with Gasteiger partial charge in [0, 0.05) is 13.5 Å². The van der Waals surface area contributed by atoms with Gasteiger partial charge in [-0.2, -0.15) is 0 Å². The Labute approximate surface area is 87.5 Å². The van der Waals surface area contributed by atoms with Crippen LogP contribution >= 0.6 is 0 Å². The molecule has 0 unspecified atom stereocenters. The van der Waals surface area contributed by atoms with E-state index < -0.39 is 5.92 Å². The summed E-state index contributed by atoms with van der Waals surface area (Å²) in [6.07, 6.45) is 0.204. The molecule has 0 atom stereocenters. The summed E-state index contributed by atoms with van der Waals surface area (Å²) >= 11 is 0. The zero-order valence-corrected chi connectivity index (χ0v) is 8.76. The average molecular weight is 216 g/mol. The lowest BCUT2D eigenvalue weighted by molar-refractivity contribution is 0.0140. The Kier molecular flexibility index (Phi) is 3.63. The number of hydrogen-bond acceptors (Lipinski definition) is 2. The molecule has 1 rings (SSSR count). The monoisotopic (exact) mass is 216 g/mol. The Balaban J connectivity index is 3.27. The van der Waals surface area contributed by atoms with Crippen LogP contribution in [0.1, 0.15) is 18.1 Å². The van der Waals surface area contributed by atoms with E-state index in [-0.39, 0.29) is 24.3 Å². The Morgan fingerprint density at radius 3 is 2.53 bits per heavy atom. The van der Waals surface area contributed by atoms with Crippen LogP contribution in [0.5, 0.6) is 5.75 Å². The second-order valence-corrected chi connectivity index (χ2v) is 3.36. The number of halogens is 2. The molecule has 0 aliphatic heterocycles. The van der Waals surface area contributed by atoms with E-state index in [1.165, 1.54) is 13.2 Å². The quantitative estimate of drug-likeness (QED) is 0.837. The topological polar surface area (TPSA) is 29.5 Å². The third-order valence-corrected chi connectivity index (χ3v) is 2.15. The molecule has 0 aliphatic carbocycles. The predicted octanol–water partition coefficient (Wildman–Crippen LogP) is 2.34. The van der Waals surface area contributed by atoms with Crippen LogP contribution in [-0.2, 0) is 12.3 Å². The normalized spacial score (nSPS) is 11.5. The molecule has 1 N–H and O–H groups in total. The number of aliphatic hydroxyl groups excluding tert-OH is 1. The first-order valence-electron chi connectivity index (χ1n) is 4.65. The molecule has 0 aromatic heterocycles. The van der Waals surface area contributed by atoms with Crippen molar-refractivity contribution in [2.45, 2.75) is 19.3 Å². The van der Waals surface area contributed by atoms with E-state index in [2.05, 4.69) is 0 Å². The fourth-order valence-electron chi connectivity index (χ4n) is 1.57. The molecule has 2 nitrogen and oxygen atoms in total. The lowest BCUT2D eigenvalue weighted by Crippen LogP contribution is -2.13. The van der Waals surface area contributed by atoms with Gasteiger partial charge >= 0.3 is 0 Å². The molecule has 84 valence electrons. The molecule has 1 aromatic carbocycles. The molecule has 4 heteroatoms. The fraction of sp³-hybridized carbons (Fsp3) is 0.455. The van der Waals surface area contributed by atoms with Gasteiger partial charge in [0.2, 0.25) is 0 Å². The van der Waals surface area contributed by atoms with E-state index in [0.717, 1.165) is 6.92 Å². The van der Waals surface area contributed by atoms with E-state index in [1.807, 2.05) is 0 Å². The van der Waals surface area contributed by atoms with Crippen molar-refractivity contribution in [1.29, 1.82) is 0 Å². The van der Waals surface area contributed by atoms with Crippen LogP contribution in [0.15, 0.2) is 18.2 Å². The van der Waals surface area contributed by atoms with E-state index in [9.17, 15) is 8.78 Å². The highest BCUT2D eigenvalue weighted by Crippen LogP contribution is 2.37. The number of benzene rings is 1. The molecule has 1 aromatic rings. The van der Waals surface area contributed by atoms with Crippen LogP contribution in [0.3, 0.4) is 0 Å². The highest BCUT2D eigenvalue weighted by molar-refractivity contribution is 5.43. The Hall–Kier alpha value is -1.16. The second-order valence-electron chi connectivity index (χ2n) is 3.36. The Morgan fingerprint density at radius 2 is 2.07 bits per heavy atom. The number of rotatable bonds is 4. The van der Waals surface area contributed by atoms with Crippen LogP contribution in [0, 0.1) is 0 Å². The van der Waals surface area contributed by atoms with Crippen molar-refractivity contribution in [3.05, 3.63) is 29.3 Å². The van der Waals surface area contributed by atoms with Crippen LogP contribution in [-0.4, -0.2) is 18.8 Å². The maximum absolute atomic E-state index is 13.3. The maximum atomic E-state index is 13.3. The molecular formula is C11H14F2O2. The van der Waals surface area contributed by atoms with Gasteiger partial charge in [-0.3, -0.25) is 0 Å². The zero-order valence-electron chi connectivity index (χ0n) is 8.76. The standard InChI is InChI=1S/C11H14F2O2/c1-11(12,13)10-8(6-7-14)4-3-5-9(10)15-2/h3-5,14H,6-7H2,1-2H3. The summed E-state index contributed by atoms with van der Waals surface area (Å²) in [5, 5.41) is 8.79. The van der Waals surface area contributed by atoms with Gasteiger partial charge in [0.05, 0.1) is 12.7 Å². The third kappa shape index (κ3) is 2.65. The van der Waals surface area contributed by atoms with Gasteiger partial charge < -0.3 is 9.84 Å². The molecule has 0 bridgehead atoms. The lowest BCUT2D eigenvalue weighted by Gasteiger charge is -2.18. The molecule has 0 aliphatic rings. The minimum absolute atomic E-state index is 0.137. The van der Waals surface area contributed by atoms with Crippen molar-refractivity contribution < 1.29 is 18.6 Å². The highest BCUT2D eigenvalue weighted by Gasteiger charge is 2.31. The number of methoxy groups -OCH3 is 1. The van der Waals surface area contributed by atoms with Crippen molar-refractivity contribution in [2.75, 3.05) is 13.7 Å². The molecule has 0 heterocycles. The minimum atomic E-state index is -2.96. The first kappa shape index (κ1) is 11.9. The van der Waals surface area contributed by atoms with Crippen molar-refractivity contribution in [1.82, 2.24) is 0 Å². The first-order valence-corrected chi connectivity index (χ1v) is 4.65. The molecule has 0 saturated carbocycles. The summed E-state index contributed by atoms with van der Waals surface area (Å²) < 4.78 is 31.5. The van der Waals surface area contributed by atoms with Gasteiger partial charge in [0.1, 0.15) is 5.75 Å². The molecule has 0 spiro atoms. The van der Waals surface area contributed by atoms with Crippen LogP contribution < -0.4 is 4.74 Å². The van der Waals surface area contributed by atoms with E-state index >= 15 is 0 Å². The first-order chi connectivity index (χ1) is 7.00. The largest absolute Gasteiger partial charge is 0.496 e.